The summed E-state index contributed by atoms with van der Waals surface area (Å²) in [6.45, 7) is 13.2. The van der Waals surface area contributed by atoms with Gasteiger partial charge in [0.1, 0.15) is 0 Å². The minimum Gasteiger partial charge on any atom is -0.394 e. The second kappa shape index (κ2) is 9.59. The number of hydrogen-bond donors (Lipinski definition) is 2. The molecule has 2 N–H and O–H groups in total. The Kier molecular flexibility index (Phi) is 8.93. The van der Waals surface area contributed by atoms with Gasteiger partial charge in [-0.2, -0.15) is 0 Å². The van der Waals surface area contributed by atoms with Crippen LogP contribution in [0.5, 0.6) is 0 Å². The van der Waals surface area contributed by atoms with Gasteiger partial charge < -0.3 is 19.7 Å². The maximum atomic E-state index is 11.7. The Hall–Kier alpha value is -1.66. The molecule has 0 fully saturated rings. The third-order valence-corrected chi connectivity index (χ3v) is 3.37. The van der Waals surface area contributed by atoms with Crippen molar-refractivity contribution in [1.82, 2.24) is 0 Å². The topological polar surface area (TPSA) is 93.1 Å². The van der Waals surface area contributed by atoms with E-state index in [-0.39, 0.29) is 11.1 Å². The van der Waals surface area contributed by atoms with Crippen LogP contribution in [0.4, 0.5) is 0 Å². The molecule has 0 spiro atoms. The van der Waals surface area contributed by atoms with Gasteiger partial charge in [0.15, 0.2) is 0 Å². The molecule has 24 heavy (non-hydrogen) atoms. The van der Waals surface area contributed by atoms with Gasteiger partial charge in [0.2, 0.25) is 0 Å². The number of aliphatic hydroxyl groups is 2. The monoisotopic (exact) mass is 342 g/mol. The second-order valence-corrected chi connectivity index (χ2v) is 6.54. The van der Waals surface area contributed by atoms with Crippen molar-refractivity contribution in [2.45, 2.75) is 77.8 Å². The molecule has 0 radical (unpaired) electrons. The molecule has 0 saturated heterocycles. The fourth-order valence-corrected chi connectivity index (χ4v) is 2.06. The molecule has 0 aliphatic rings. The molecule has 0 aromatic heterocycles. The first kappa shape index (κ1) is 22.3. The maximum Gasteiger partial charge on any atom is 0.376 e. The zero-order valence-corrected chi connectivity index (χ0v) is 15.2. The van der Waals surface area contributed by atoms with Crippen LogP contribution in [0.25, 0.3) is 0 Å². The standard InChI is InChI=1S/C18H30O6/c1-7-8-9-10-11-17(6,21)12-18(22,23-15(19)13(2)3)24-16(20)14(4)5/h21-22H,2,4,7-12H2,1,3,5-6H3. The lowest BCUT2D eigenvalue weighted by Crippen LogP contribution is -2.46. The van der Waals surface area contributed by atoms with Crippen LogP contribution in [0.2, 0.25) is 0 Å². The summed E-state index contributed by atoms with van der Waals surface area (Å²) < 4.78 is 9.71. The number of esters is 2. The van der Waals surface area contributed by atoms with Gasteiger partial charge in [-0.25, -0.2) is 9.59 Å². The number of unbranched alkanes of at least 4 members (excludes halogenated alkanes) is 3. The molecule has 0 heterocycles. The maximum absolute atomic E-state index is 11.7. The van der Waals surface area contributed by atoms with E-state index < -0.39 is 29.9 Å². The lowest BCUT2D eigenvalue weighted by molar-refractivity contribution is -0.337. The third-order valence-electron chi connectivity index (χ3n) is 3.37. The van der Waals surface area contributed by atoms with Gasteiger partial charge >= 0.3 is 17.9 Å². The fraction of sp³-hybridized carbons (Fsp3) is 0.667. The van der Waals surface area contributed by atoms with E-state index in [0.29, 0.717) is 6.42 Å². The van der Waals surface area contributed by atoms with Crippen LogP contribution >= 0.6 is 0 Å². The zero-order valence-electron chi connectivity index (χ0n) is 15.2. The fourth-order valence-electron chi connectivity index (χ4n) is 2.06. The van der Waals surface area contributed by atoms with Crippen LogP contribution in [-0.2, 0) is 19.1 Å². The largest absolute Gasteiger partial charge is 0.394 e. The summed E-state index contributed by atoms with van der Waals surface area (Å²) in [4.78, 5) is 23.4. The van der Waals surface area contributed by atoms with E-state index in [1.165, 1.54) is 20.8 Å². The molecule has 0 aliphatic heterocycles. The van der Waals surface area contributed by atoms with Gasteiger partial charge in [-0.05, 0) is 27.2 Å². The highest BCUT2D eigenvalue weighted by Gasteiger charge is 2.43. The van der Waals surface area contributed by atoms with Gasteiger partial charge in [-0.1, -0.05) is 45.8 Å². The molecule has 0 rings (SSSR count). The van der Waals surface area contributed by atoms with Crippen LogP contribution in [0.3, 0.4) is 0 Å². The van der Waals surface area contributed by atoms with E-state index in [0.717, 1.165) is 25.7 Å². The van der Waals surface area contributed by atoms with Crippen molar-refractivity contribution >= 4 is 11.9 Å². The van der Waals surface area contributed by atoms with Crippen LogP contribution < -0.4 is 0 Å². The highest BCUT2D eigenvalue weighted by Crippen LogP contribution is 2.29. The summed E-state index contributed by atoms with van der Waals surface area (Å²) in [7, 11) is 0. The Bertz CT molecular complexity index is 450. The number of hydrogen-bond acceptors (Lipinski definition) is 6. The minimum absolute atomic E-state index is 0.0300. The van der Waals surface area contributed by atoms with Crippen LogP contribution in [0.15, 0.2) is 24.3 Å². The third kappa shape index (κ3) is 8.84. The smallest absolute Gasteiger partial charge is 0.376 e. The summed E-state index contributed by atoms with van der Waals surface area (Å²) in [5.74, 6) is -4.43. The number of rotatable bonds is 11. The number of ether oxygens (including phenoxy) is 2. The first-order chi connectivity index (χ1) is 10.9. The Balaban J connectivity index is 5.09. The molecule has 1 atom stereocenters. The number of carbonyl (C=O) groups is 2. The summed E-state index contributed by atoms with van der Waals surface area (Å²) in [6, 6.07) is 0. The van der Waals surface area contributed by atoms with Crippen molar-refractivity contribution in [3.05, 3.63) is 24.3 Å². The molecule has 0 saturated carbocycles. The van der Waals surface area contributed by atoms with E-state index in [1.807, 2.05) is 0 Å². The summed E-state index contributed by atoms with van der Waals surface area (Å²) in [5, 5.41) is 20.9. The molecule has 0 aliphatic carbocycles. The van der Waals surface area contributed by atoms with E-state index in [4.69, 9.17) is 9.47 Å². The van der Waals surface area contributed by atoms with Crippen molar-refractivity contribution < 1.29 is 29.3 Å². The summed E-state index contributed by atoms with van der Waals surface area (Å²) in [5.41, 5.74) is -1.32. The lowest BCUT2D eigenvalue weighted by atomic mass is 9.93. The van der Waals surface area contributed by atoms with Gasteiger partial charge in [0.25, 0.3) is 0 Å². The van der Waals surface area contributed by atoms with Gasteiger partial charge in [0, 0.05) is 11.1 Å². The first-order valence-corrected chi connectivity index (χ1v) is 8.15. The highest BCUT2D eigenvalue weighted by molar-refractivity contribution is 5.88. The summed E-state index contributed by atoms with van der Waals surface area (Å²) >= 11 is 0. The van der Waals surface area contributed by atoms with Crippen molar-refractivity contribution in [3.63, 3.8) is 0 Å². The predicted octanol–water partition coefficient (Wildman–Crippen LogP) is 2.98. The van der Waals surface area contributed by atoms with E-state index in [9.17, 15) is 19.8 Å². The molecular weight excluding hydrogens is 312 g/mol. The number of carbonyl (C=O) groups excluding carboxylic acids is 2. The van der Waals surface area contributed by atoms with E-state index >= 15 is 0 Å². The first-order valence-electron chi connectivity index (χ1n) is 8.15. The molecule has 6 nitrogen and oxygen atoms in total. The summed E-state index contributed by atoms with van der Waals surface area (Å²) in [6.07, 6.45) is 3.66. The van der Waals surface area contributed by atoms with Crippen LogP contribution in [-0.4, -0.2) is 33.7 Å². The average molecular weight is 342 g/mol. The molecule has 138 valence electrons. The van der Waals surface area contributed by atoms with Gasteiger partial charge in [-0.15, -0.1) is 0 Å². The molecule has 0 aromatic carbocycles. The van der Waals surface area contributed by atoms with Crippen molar-refractivity contribution in [3.8, 4) is 0 Å². The molecule has 0 bridgehead atoms. The minimum atomic E-state index is -2.58. The average Bonchev–Trinajstić information content (AvgIpc) is 2.42. The van der Waals surface area contributed by atoms with Crippen molar-refractivity contribution in [2.24, 2.45) is 0 Å². The Morgan fingerprint density at radius 3 is 1.79 bits per heavy atom. The molecular formula is C18H30O6. The Morgan fingerprint density at radius 2 is 1.42 bits per heavy atom. The van der Waals surface area contributed by atoms with E-state index in [2.05, 4.69) is 20.1 Å². The predicted molar refractivity (Wildman–Crippen MR) is 90.8 cm³/mol. The SMILES string of the molecule is C=C(C)C(=O)OC(O)(CC(C)(O)CCCCCC)OC(=O)C(=C)C. The Labute approximate surface area is 144 Å². The van der Waals surface area contributed by atoms with E-state index in [1.54, 1.807) is 0 Å². The quantitative estimate of drug-likeness (QED) is 0.259. The van der Waals surface area contributed by atoms with Crippen LogP contribution in [0, 0.1) is 0 Å². The van der Waals surface area contributed by atoms with Crippen LogP contribution in [0.1, 0.15) is 66.2 Å². The van der Waals surface area contributed by atoms with Crippen molar-refractivity contribution in [1.29, 1.82) is 0 Å². The lowest BCUT2D eigenvalue weighted by Gasteiger charge is -2.33. The molecule has 6 heteroatoms. The molecule has 0 aromatic rings. The van der Waals surface area contributed by atoms with Gasteiger partial charge in [-0.3, -0.25) is 0 Å². The van der Waals surface area contributed by atoms with Crippen molar-refractivity contribution in [2.75, 3.05) is 0 Å². The Morgan fingerprint density at radius 1 is 0.958 bits per heavy atom. The molecule has 0 amide bonds. The highest BCUT2D eigenvalue weighted by atomic mass is 16.8. The molecule has 1 unspecified atom stereocenters. The normalized spacial score (nSPS) is 13.8. The van der Waals surface area contributed by atoms with Gasteiger partial charge in [0.05, 0.1) is 12.0 Å². The zero-order chi connectivity index (χ0) is 19.0. The second-order valence-electron chi connectivity index (χ2n) is 6.54.